The van der Waals surface area contributed by atoms with Crippen LogP contribution in [0.25, 0.3) is 10.4 Å². The molecule has 1 amide bonds. The minimum Gasteiger partial charge on any atom is -0.462 e. The Morgan fingerprint density at radius 2 is 1.96 bits per heavy atom. The van der Waals surface area contributed by atoms with Crippen molar-refractivity contribution < 1.29 is 19.1 Å². The standard InChI is InChI=1S/C20H24N2O4S/c1-3-26-20(24)16-13-17(15-7-5-4-6-8-15)27-19(16)21-18(23)14(2)22-9-11-25-12-10-22/h4-8,13-14H,3,9-12H2,1-2H3,(H,21,23)/t14-/m0/s1. The summed E-state index contributed by atoms with van der Waals surface area (Å²) in [7, 11) is 0. The van der Waals surface area contributed by atoms with Crippen LogP contribution < -0.4 is 5.32 Å². The van der Waals surface area contributed by atoms with E-state index in [1.165, 1.54) is 11.3 Å². The number of esters is 1. The number of rotatable bonds is 6. The van der Waals surface area contributed by atoms with Crippen LogP contribution in [0, 0.1) is 0 Å². The maximum absolute atomic E-state index is 12.8. The number of anilines is 1. The van der Waals surface area contributed by atoms with E-state index >= 15 is 0 Å². The number of hydrogen-bond donors (Lipinski definition) is 1. The highest BCUT2D eigenvalue weighted by Gasteiger charge is 2.26. The number of carbonyl (C=O) groups is 2. The summed E-state index contributed by atoms with van der Waals surface area (Å²) in [6.45, 7) is 6.62. The smallest absolute Gasteiger partial charge is 0.341 e. The molecule has 3 rings (SSSR count). The largest absolute Gasteiger partial charge is 0.462 e. The van der Waals surface area contributed by atoms with Gasteiger partial charge >= 0.3 is 5.97 Å². The van der Waals surface area contributed by atoms with Crippen LogP contribution in [0.2, 0.25) is 0 Å². The van der Waals surface area contributed by atoms with E-state index < -0.39 is 5.97 Å². The first kappa shape index (κ1) is 19.5. The number of benzene rings is 1. The Hall–Kier alpha value is -2.22. The van der Waals surface area contributed by atoms with Gasteiger partial charge in [-0.25, -0.2) is 4.79 Å². The normalized spacial score (nSPS) is 15.9. The average Bonchev–Trinajstić information content (AvgIpc) is 3.13. The van der Waals surface area contributed by atoms with Gasteiger partial charge in [-0.15, -0.1) is 11.3 Å². The SMILES string of the molecule is CCOC(=O)c1cc(-c2ccccc2)sc1NC(=O)[C@H](C)N1CCOCC1. The van der Waals surface area contributed by atoms with Crippen LogP contribution in [-0.2, 0) is 14.3 Å². The Kier molecular flexibility index (Phi) is 6.60. The van der Waals surface area contributed by atoms with Crippen LogP contribution in [0.3, 0.4) is 0 Å². The van der Waals surface area contributed by atoms with Gasteiger partial charge < -0.3 is 14.8 Å². The Balaban J connectivity index is 1.82. The molecule has 0 saturated carbocycles. The molecule has 1 atom stereocenters. The van der Waals surface area contributed by atoms with E-state index in [-0.39, 0.29) is 18.6 Å². The Labute approximate surface area is 163 Å². The lowest BCUT2D eigenvalue weighted by molar-refractivity contribution is -0.122. The van der Waals surface area contributed by atoms with Gasteiger partial charge in [0.05, 0.1) is 31.4 Å². The number of ether oxygens (including phenoxy) is 2. The van der Waals surface area contributed by atoms with Gasteiger partial charge in [-0.1, -0.05) is 30.3 Å². The fourth-order valence-electron chi connectivity index (χ4n) is 2.94. The lowest BCUT2D eigenvalue weighted by atomic mass is 10.1. The van der Waals surface area contributed by atoms with Crippen LogP contribution in [0.15, 0.2) is 36.4 Å². The quantitative estimate of drug-likeness (QED) is 0.770. The number of morpholine rings is 1. The van der Waals surface area contributed by atoms with Crippen LogP contribution in [-0.4, -0.2) is 55.7 Å². The van der Waals surface area contributed by atoms with E-state index in [1.807, 2.05) is 37.3 Å². The molecule has 1 aliphatic heterocycles. The summed E-state index contributed by atoms with van der Waals surface area (Å²) in [5.74, 6) is -0.561. The Morgan fingerprint density at radius 1 is 1.26 bits per heavy atom. The zero-order chi connectivity index (χ0) is 19.2. The van der Waals surface area contributed by atoms with Crippen LogP contribution in [0.4, 0.5) is 5.00 Å². The maximum atomic E-state index is 12.8. The summed E-state index contributed by atoms with van der Waals surface area (Å²) in [6.07, 6.45) is 0. The van der Waals surface area contributed by atoms with E-state index in [1.54, 1.807) is 13.0 Å². The van der Waals surface area contributed by atoms with E-state index in [0.29, 0.717) is 23.8 Å². The Morgan fingerprint density at radius 3 is 2.63 bits per heavy atom. The van der Waals surface area contributed by atoms with Crippen molar-refractivity contribution in [1.82, 2.24) is 4.90 Å². The highest BCUT2D eigenvalue weighted by Crippen LogP contribution is 2.36. The van der Waals surface area contributed by atoms with Crippen LogP contribution >= 0.6 is 11.3 Å². The van der Waals surface area contributed by atoms with Crippen molar-refractivity contribution in [3.63, 3.8) is 0 Å². The second-order valence-corrected chi connectivity index (χ2v) is 7.31. The number of carbonyl (C=O) groups excluding carboxylic acids is 2. The molecule has 0 bridgehead atoms. The summed E-state index contributed by atoms with van der Waals surface area (Å²) in [5, 5.41) is 3.46. The zero-order valence-electron chi connectivity index (χ0n) is 15.6. The maximum Gasteiger partial charge on any atom is 0.341 e. The average molecular weight is 388 g/mol. The van der Waals surface area contributed by atoms with Gasteiger partial charge in [0.25, 0.3) is 0 Å². The van der Waals surface area contributed by atoms with Gasteiger partial charge in [-0.3, -0.25) is 9.69 Å². The van der Waals surface area contributed by atoms with E-state index in [2.05, 4.69) is 10.2 Å². The van der Waals surface area contributed by atoms with Crippen molar-refractivity contribution in [3.8, 4) is 10.4 Å². The van der Waals surface area contributed by atoms with Crippen molar-refractivity contribution >= 4 is 28.2 Å². The predicted molar refractivity (Wildman–Crippen MR) is 106 cm³/mol. The first-order chi connectivity index (χ1) is 13.1. The topological polar surface area (TPSA) is 67.9 Å². The summed E-state index contributed by atoms with van der Waals surface area (Å²) >= 11 is 1.38. The zero-order valence-corrected chi connectivity index (χ0v) is 16.4. The fraction of sp³-hybridized carbons (Fsp3) is 0.400. The van der Waals surface area contributed by atoms with Crippen LogP contribution in [0.1, 0.15) is 24.2 Å². The molecule has 27 heavy (non-hydrogen) atoms. The monoisotopic (exact) mass is 388 g/mol. The molecule has 2 aromatic rings. The van der Waals surface area contributed by atoms with Crippen LogP contribution in [0.5, 0.6) is 0 Å². The van der Waals surface area contributed by atoms with Gasteiger partial charge in [0, 0.05) is 18.0 Å². The van der Waals surface area contributed by atoms with Crippen molar-refractivity contribution in [3.05, 3.63) is 42.0 Å². The predicted octanol–water partition coefficient (Wildman–Crippen LogP) is 3.25. The first-order valence-corrected chi connectivity index (χ1v) is 9.90. The summed E-state index contributed by atoms with van der Waals surface area (Å²) < 4.78 is 10.5. The first-order valence-electron chi connectivity index (χ1n) is 9.09. The number of hydrogen-bond acceptors (Lipinski definition) is 6. The molecule has 1 aromatic heterocycles. The third kappa shape index (κ3) is 4.74. The molecule has 0 unspecified atom stereocenters. The van der Waals surface area contributed by atoms with E-state index in [4.69, 9.17) is 9.47 Å². The Bertz CT molecular complexity index is 785. The highest BCUT2D eigenvalue weighted by atomic mass is 32.1. The molecule has 1 aromatic carbocycles. The van der Waals surface area contributed by atoms with Crippen molar-refractivity contribution in [2.45, 2.75) is 19.9 Å². The van der Waals surface area contributed by atoms with Gasteiger partial charge in [-0.2, -0.15) is 0 Å². The van der Waals surface area contributed by atoms with Crippen molar-refractivity contribution in [2.24, 2.45) is 0 Å². The molecular weight excluding hydrogens is 364 g/mol. The second kappa shape index (κ2) is 9.12. The van der Waals surface area contributed by atoms with Crippen molar-refractivity contribution in [2.75, 3.05) is 38.2 Å². The molecule has 0 aliphatic carbocycles. The molecule has 1 aliphatic rings. The molecular formula is C20H24N2O4S. The second-order valence-electron chi connectivity index (χ2n) is 6.25. The van der Waals surface area contributed by atoms with Gasteiger partial charge in [0.15, 0.2) is 0 Å². The number of nitrogens with zero attached hydrogens (tertiary/aromatic N) is 1. The number of amides is 1. The summed E-state index contributed by atoms with van der Waals surface area (Å²) in [6, 6.07) is 11.3. The summed E-state index contributed by atoms with van der Waals surface area (Å²) in [5.41, 5.74) is 1.39. The number of nitrogens with one attached hydrogen (secondary N) is 1. The molecule has 2 heterocycles. The minimum atomic E-state index is -0.426. The number of thiophene rings is 1. The molecule has 144 valence electrons. The molecule has 1 N–H and O–H groups in total. The fourth-order valence-corrected chi connectivity index (χ4v) is 3.99. The van der Waals surface area contributed by atoms with Gasteiger partial charge in [-0.05, 0) is 25.5 Å². The molecule has 7 heteroatoms. The minimum absolute atomic E-state index is 0.135. The molecule has 0 spiro atoms. The van der Waals surface area contributed by atoms with E-state index in [0.717, 1.165) is 23.5 Å². The summed E-state index contributed by atoms with van der Waals surface area (Å²) in [4.78, 5) is 28.1. The molecule has 1 saturated heterocycles. The third-order valence-corrected chi connectivity index (χ3v) is 5.59. The molecule has 0 radical (unpaired) electrons. The van der Waals surface area contributed by atoms with Crippen molar-refractivity contribution in [1.29, 1.82) is 0 Å². The third-order valence-electron chi connectivity index (χ3n) is 4.50. The van der Waals surface area contributed by atoms with E-state index in [9.17, 15) is 9.59 Å². The van der Waals surface area contributed by atoms with Gasteiger partial charge in [0.2, 0.25) is 5.91 Å². The lowest BCUT2D eigenvalue weighted by Crippen LogP contribution is -2.47. The molecule has 1 fully saturated rings. The highest BCUT2D eigenvalue weighted by molar-refractivity contribution is 7.20. The molecule has 6 nitrogen and oxygen atoms in total. The lowest BCUT2D eigenvalue weighted by Gasteiger charge is -2.31. The van der Waals surface area contributed by atoms with Gasteiger partial charge in [0.1, 0.15) is 5.00 Å².